The van der Waals surface area contributed by atoms with Crippen LogP contribution in [-0.4, -0.2) is 56.5 Å². The van der Waals surface area contributed by atoms with Crippen molar-refractivity contribution in [2.24, 2.45) is 0 Å². The van der Waals surface area contributed by atoms with Crippen molar-refractivity contribution in [3.8, 4) is 0 Å². The van der Waals surface area contributed by atoms with E-state index in [1.165, 1.54) is 0 Å². The Hall–Kier alpha value is -3.37. The maximum absolute atomic E-state index is 13.8. The fourth-order valence-electron chi connectivity index (χ4n) is 6.00. The van der Waals surface area contributed by atoms with Gasteiger partial charge in [0.15, 0.2) is 9.84 Å². The molecule has 0 amide bonds. The molecule has 48 heavy (non-hydrogen) atoms. The summed E-state index contributed by atoms with van der Waals surface area (Å²) in [5.41, 5.74) is 3.99. The highest BCUT2D eigenvalue weighted by Gasteiger charge is 2.50. The molecular weight excluding hydrogens is 625 g/mol. The van der Waals surface area contributed by atoms with E-state index in [9.17, 15) is 8.42 Å². The second kappa shape index (κ2) is 18.4. The Morgan fingerprint density at radius 1 is 0.583 bits per heavy atom. The molecule has 7 nitrogen and oxygen atoms in total. The zero-order valence-electron chi connectivity index (χ0n) is 27.9. The van der Waals surface area contributed by atoms with Crippen molar-refractivity contribution in [2.75, 3.05) is 12.4 Å². The summed E-state index contributed by atoms with van der Waals surface area (Å²) in [4.78, 5) is 0. The zero-order valence-corrected chi connectivity index (χ0v) is 28.8. The molecule has 1 heterocycles. The van der Waals surface area contributed by atoms with Gasteiger partial charge < -0.3 is 23.7 Å². The Balaban J connectivity index is 1.48. The molecule has 6 atom stereocenters. The molecule has 1 aliphatic rings. The fraction of sp³-hybridized carbons (Fsp3) is 0.400. The molecule has 0 saturated carbocycles. The summed E-state index contributed by atoms with van der Waals surface area (Å²) in [7, 11) is -3.53. The van der Waals surface area contributed by atoms with E-state index in [4.69, 9.17) is 23.7 Å². The third kappa shape index (κ3) is 10.6. The van der Waals surface area contributed by atoms with Crippen LogP contribution in [0, 0.1) is 0 Å². The quantitative estimate of drug-likeness (QED) is 0.110. The van der Waals surface area contributed by atoms with E-state index in [1.807, 2.05) is 128 Å². The fourth-order valence-corrected chi connectivity index (χ4v) is 7.65. The maximum Gasteiger partial charge on any atom is 0.155 e. The highest BCUT2D eigenvalue weighted by molar-refractivity contribution is 7.92. The van der Waals surface area contributed by atoms with Crippen LogP contribution in [0.1, 0.15) is 48.9 Å². The van der Waals surface area contributed by atoms with E-state index < -0.39 is 45.6 Å². The Morgan fingerprint density at radius 3 is 1.42 bits per heavy atom. The smallest absolute Gasteiger partial charge is 0.155 e. The molecule has 0 spiro atoms. The average Bonchev–Trinajstić information content (AvgIpc) is 3.11. The predicted molar refractivity (Wildman–Crippen MR) is 188 cm³/mol. The van der Waals surface area contributed by atoms with Crippen molar-refractivity contribution < 1.29 is 32.1 Å². The van der Waals surface area contributed by atoms with Crippen molar-refractivity contribution in [2.45, 2.75) is 88.9 Å². The largest absolute Gasteiger partial charge is 0.374 e. The molecule has 0 N–H and O–H groups in total. The molecule has 8 heteroatoms. The van der Waals surface area contributed by atoms with E-state index in [2.05, 4.69) is 0 Å². The molecule has 1 aliphatic heterocycles. The Kier molecular flexibility index (Phi) is 13.8. The minimum absolute atomic E-state index is 0.187. The number of sulfone groups is 1. The van der Waals surface area contributed by atoms with E-state index in [-0.39, 0.29) is 19.0 Å². The third-order valence-corrected chi connectivity index (χ3v) is 10.9. The lowest BCUT2D eigenvalue weighted by Gasteiger charge is -2.46. The van der Waals surface area contributed by atoms with Crippen molar-refractivity contribution in [3.05, 3.63) is 144 Å². The molecular formula is C40H48O7S. The SMILES string of the molecule is CCCC(C)S(=O)(=O)CC1OC(COCc2ccccc2)C(OCc2ccccc2)C(OCc2ccccc2)C1OCc1ccccc1. The number of ether oxygens (including phenoxy) is 5. The lowest BCUT2D eigenvalue weighted by Crippen LogP contribution is -2.62. The van der Waals surface area contributed by atoms with Crippen LogP contribution in [-0.2, 0) is 59.9 Å². The second-order valence-corrected chi connectivity index (χ2v) is 14.9. The first kappa shape index (κ1) is 35.9. The standard InChI is InChI=1S/C40H48O7S/c1-3-16-31(2)48(41,42)30-37-39(45-27-34-21-12-6-13-22-34)40(46-28-35-23-14-7-15-24-35)38(44-26-33-19-10-5-11-20-33)36(47-37)29-43-25-32-17-8-4-9-18-32/h4-15,17-24,31,36-40H,3,16,25-30H2,1-2H3. The van der Waals surface area contributed by atoms with E-state index in [0.717, 1.165) is 28.7 Å². The molecule has 0 aliphatic carbocycles. The minimum Gasteiger partial charge on any atom is -0.374 e. The second-order valence-electron chi connectivity index (χ2n) is 12.4. The van der Waals surface area contributed by atoms with Gasteiger partial charge in [0.2, 0.25) is 0 Å². The van der Waals surface area contributed by atoms with Gasteiger partial charge in [-0.2, -0.15) is 0 Å². The molecule has 6 unspecified atom stereocenters. The minimum atomic E-state index is -3.53. The van der Waals surface area contributed by atoms with Crippen LogP contribution >= 0.6 is 0 Å². The summed E-state index contributed by atoms with van der Waals surface area (Å²) >= 11 is 0. The van der Waals surface area contributed by atoms with Crippen LogP contribution in [0.25, 0.3) is 0 Å². The highest BCUT2D eigenvalue weighted by atomic mass is 32.2. The monoisotopic (exact) mass is 672 g/mol. The highest BCUT2D eigenvalue weighted by Crippen LogP contribution is 2.32. The van der Waals surface area contributed by atoms with Gasteiger partial charge in [-0.05, 0) is 35.6 Å². The van der Waals surface area contributed by atoms with Gasteiger partial charge in [-0.15, -0.1) is 0 Å². The van der Waals surface area contributed by atoms with Crippen LogP contribution in [0.2, 0.25) is 0 Å². The van der Waals surface area contributed by atoms with Gasteiger partial charge in [-0.25, -0.2) is 8.42 Å². The van der Waals surface area contributed by atoms with E-state index in [0.29, 0.717) is 26.2 Å². The van der Waals surface area contributed by atoms with Crippen LogP contribution in [0.5, 0.6) is 0 Å². The summed E-state index contributed by atoms with van der Waals surface area (Å²) < 4.78 is 60.5. The summed E-state index contributed by atoms with van der Waals surface area (Å²) in [5, 5.41) is -0.510. The predicted octanol–water partition coefficient (Wildman–Crippen LogP) is 7.33. The first-order valence-electron chi connectivity index (χ1n) is 16.9. The van der Waals surface area contributed by atoms with Crippen LogP contribution < -0.4 is 0 Å². The lowest BCUT2D eigenvalue weighted by atomic mass is 9.94. The molecule has 0 radical (unpaired) electrons. The van der Waals surface area contributed by atoms with Gasteiger partial charge in [-0.3, -0.25) is 0 Å². The molecule has 4 aromatic rings. The van der Waals surface area contributed by atoms with Gasteiger partial charge in [0.25, 0.3) is 0 Å². The van der Waals surface area contributed by atoms with Gasteiger partial charge in [0, 0.05) is 0 Å². The zero-order chi connectivity index (χ0) is 33.6. The third-order valence-electron chi connectivity index (χ3n) is 8.68. The Labute approximate surface area is 286 Å². The molecule has 5 rings (SSSR count). The number of rotatable bonds is 18. The first-order valence-corrected chi connectivity index (χ1v) is 18.6. The number of hydrogen-bond donors (Lipinski definition) is 0. The van der Waals surface area contributed by atoms with Gasteiger partial charge >= 0.3 is 0 Å². The van der Waals surface area contributed by atoms with Crippen LogP contribution in [0.4, 0.5) is 0 Å². The maximum atomic E-state index is 13.8. The first-order chi connectivity index (χ1) is 23.4. The van der Waals surface area contributed by atoms with Crippen LogP contribution in [0.3, 0.4) is 0 Å². The van der Waals surface area contributed by atoms with Gasteiger partial charge in [0.1, 0.15) is 30.5 Å². The van der Waals surface area contributed by atoms with Crippen molar-refractivity contribution in [1.29, 1.82) is 0 Å². The van der Waals surface area contributed by atoms with Crippen molar-refractivity contribution in [1.82, 2.24) is 0 Å². The average molecular weight is 673 g/mol. The van der Waals surface area contributed by atoms with Crippen LogP contribution in [0.15, 0.2) is 121 Å². The molecule has 1 fully saturated rings. The van der Waals surface area contributed by atoms with E-state index in [1.54, 1.807) is 6.92 Å². The molecule has 1 saturated heterocycles. The summed E-state index contributed by atoms with van der Waals surface area (Å²) in [5.74, 6) is -0.195. The molecule has 0 bridgehead atoms. The molecule has 0 aromatic heterocycles. The topological polar surface area (TPSA) is 80.3 Å². The summed E-state index contributed by atoms with van der Waals surface area (Å²) in [6, 6.07) is 39.7. The van der Waals surface area contributed by atoms with Gasteiger partial charge in [-0.1, -0.05) is 135 Å². The summed E-state index contributed by atoms with van der Waals surface area (Å²) in [6.45, 7) is 5.22. The van der Waals surface area contributed by atoms with E-state index >= 15 is 0 Å². The van der Waals surface area contributed by atoms with Crippen molar-refractivity contribution >= 4 is 9.84 Å². The normalized spacial score (nSPS) is 21.9. The lowest BCUT2D eigenvalue weighted by molar-refractivity contribution is -0.268. The summed E-state index contributed by atoms with van der Waals surface area (Å²) in [6.07, 6.45) is -2.07. The van der Waals surface area contributed by atoms with Crippen molar-refractivity contribution in [3.63, 3.8) is 0 Å². The van der Waals surface area contributed by atoms with Gasteiger partial charge in [0.05, 0.1) is 44.0 Å². The number of hydrogen-bond acceptors (Lipinski definition) is 7. The number of benzene rings is 4. The molecule has 256 valence electrons. The Bertz CT molecular complexity index is 1570. The molecule has 4 aromatic carbocycles. The Morgan fingerprint density at radius 2 is 0.979 bits per heavy atom.